The molecule has 1 fully saturated rings. The van der Waals surface area contributed by atoms with Gasteiger partial charge in [0.05, 0.1) is 16.7 Å². The molecule has 0 bridgehead atoms. The van der Waals surface area contributed by atoms with Gasteiger partial charge in [0, 0.05) is 19.0 Å². The van der Waals surface area contributed by atoms with E-state index in [1.54, 1.807) is 0 Å². The quantitative estimate of drug-likeness (QED) is 0.795. The number of para-hydroxylation sites is 2. The van der Waals surface area contributed by atoms with Gasteiger partial charge in [-0.25, -0.2) is 4.98 Å². The molecule has 1 amide bonds. The molecule has 1 unspecified atom stereocenters. The van der Waals surface area contributed by atoms with E-state index < -0.39 is 0 Å². The van der Waals surface area contributed by atoms with Crippen molar-refractivity contribution in [2.75, 3.05) is 13.1 Å². The number of carbonyl (C=O) groups excluding carboxylic acids is 1. The highest BCUT2D eigenvalue weighted by Gasteiger charge is 2.29. The molecule has 3 heterocycles. The van der Waals surface area contributed by atoms with Gasteiger partial charge in [0.25, 0.3) is 5.91 Å². The van der Waals surface area contributed by atoms with Crippen LogP contribution in [0.25, 0.3) is 11.0 Å². The largest absolute Gasteiger partial charge is 0.342 e. The van der Waals surface area contributed by atoms with Crippen LogP contribution >= 0.6 is 11.5 Å². The summed E-state index contributed by atoms with van der Waals surface area (Å²) in [5.41, 5.74) is 2.84. The van der Waals surface area contributed by atoms with Crippen molar-refractivity contribution in [3.63, 3.8) is 0 Å². The molecule has 1 aromatic carbocycles. The maximum absolute atomic E-state index is 12.8. The number of imidazole rings is 1. The zero-order valence-corrected chi connectivity index (χ0v) is 14.3. The molecule has 3 aromatic rings. The summed E-state index contributed by atoms with van der Waals surface area (Å²) >= 11 is 1.20. The Bertz CT molecular complexity index is 838. The van der Waals surface area contributed by atoms with Gasteiger partial charge in [-0.2, -0.15) is 0 Å². The maximum Gasteiger partial charge on any atom is 0.267 e. The van der Waals surface area contributed by atoms with Crippen LogP contribution in [-0.4, -0.2) is 43.5 Å². The zero-order chi connectivity index (χ0) is 16.5. The van der Waals surface area contributed by atoms with Crippen molar-refractivity contribution >= 4 is 28.5 Å². The third-order valence-electron chi connectivity index (χ3n) is 4.59. The summed E-state index contributed by atoms with van der Waals surface area (Å²) in [6.07, 6.45) is 2.77. The molecule has 1 N–H and O–H groups in total. The van der Waals surface area contributed by atoms with Gasteiger partial charge in [-0.15, -0.1) is 5.10 Å². The molecular weight excluding hydrogens is 322 g/mol. The SMILES string of the molecule is CCc1nnsc1C(=O)N1CCCC(c2nc3ccccc3[nH]2)C1. The lowest BCUT2D eigenvalue weighted by Gasteiger charge is -2.31. The minimum atomic E-state index is 0.0580. The van der Waals surface area contributed by atoms with Gasteiger partial charge in [0.2, 0.25) is 0 Å². The lowest BCUT2D eigenvalue weighted by molar-refractivity contribution is 0.0708. The molecule has 0 radical (unpaired) electrons. The molecule has 1 atom stereocenters. The van der Waals surface area contributed by atoms with Crippen LogP contribution < -0.4 is 0 Å². The Labute approximate surface area is 144 Å². The number of nitrogens with one attached hydrogen (secondary N) is 1. The lowest BCUT2D eigenvalue weighted by atomic mass is 9.97. The first kappa shape index (κ1) is 15.3. The van der Waals surface area contributed by atoms with Crippen molar-refractivity contribution in [2.24, 2.45) is 0 Å². The number of hydrogen-bond donors (Lipinski definition) is 1. The van der Waals surface area contributed by atoms with Crippen LogP contribution in [0.5, 0.6) is 0 Å². The van der Waals surface area contributed by atoms with Gasteiger partial charge >= 0.3 is 0 Å². The first-order chi connectivity index (χ1) is 11.8. The minimum Gasteiger partial charge on any atom is -0.342 e. The fraction of sp³-hybridized carbons (Fsp3) is 0.412. The van der Waals surface area contributed by atoms with Crippen molar-refractivity contribution in [3.05, 3.63) is 40.7 Å². The summed E-state index contributed by atoms with van der Waals surface area (Å²) in [6, 6.07) is 8.04. The number of likely N-dealkylation sites (tertiary alicyclic amines) is 1. The van der Waals surface area contributed by atoms with Crippen LogP contribution in [-0.2, 0) is 6.42 Å². The summed E-state index contributed by atoms with van der Waals surface area (Å²) in [5.74, 6) is 1.29. The van der Waals surface area contributed by atoms with E-state index >= 15 is 0 Å². The molecule has 24 heavy (non-hydrogen) atoms. The molecule has 0 spiro atoms. The van der Waals surface area contributed by atoms with Crippen molar-refractivity contribution in [3.8, 4) is 0 Å². The number of aromatic nitrogens is 4. The summed E-state index contributed by atoms with van der Waals surface area (Å²) in [4.78, 5) is 23.5. The van der Waals surface area contributed by atoms with Crippen LogP contribution in [0.4, 0.5) is 0 Å². The number of aryl methyl sites for hydroxylation is 1. The normalized spacial score (nSPS) is 18.2. The number of hydrogen-bond acceptors (Lipinski definition) is 5. The molecule has 6 nitrogen and oxygen atoms in total. The van der Waals surface area contributed by atoms with Crippen LogP contribution in [0.1, 0.15) is 46.9 Å². The summed E-state index contributed by atoms with van der Waals surface area (Å²) in [7, 11) is 0. The molecule has 2 aromatic heterocycles. The highest BCUT2D eigenvalue weighted by atomic mass is 32.1. The van der Waals surface area contributed by atoms with Crippen LogP contribution in [0.15, 0.2) is 24.3 Å². The highest BCUT2D eigenvalue weighted by molar-refractivity contribution is 7.08. The Balaban J connectivity index is 1.56. The van der Waals surface area contributed by atoms with Gasteiger partial charge in [-0.1, -0.05) is 23.5 Å². The van der Waals surface area contributed by atoms with E-state index in [1.807, 2.05) is 36.1 Å². The van der Waals surface area contributed by atoms with Crippen molar-refractivity contribution in [1.82, 2.24) is 24.5 Å². The zero-order valence-electron chi connectivity index (χ0n) is 13.5. The van der Waals surface area contributed by atoms with E-state index in [9.17, 15) is 4.79 Å². The second-order valence-corrected chi connectivity index (χ2v) is 6.89. The topological polar surface area (TPSA) is 74.8 Å². The smallest absolute Gasteiger partial charge is 0.267 e. The number of amides is 1. The number of piperidine rings is 1. The predicted octanol–water partition coefficient (Wildman–Crippen LogP) is 3.00. The highest BCUT2D eigenvalue weighted by Crippen LogP contribution is 2.28. The van der Waals surface area contributed by atoms with Crippen LogP contribution in [0.3, 0.4) is 0 Å². The Morgan fingerprint density at radius 3 is 3.12 bits per heavy atom. The second-order valence-electron chi connectivity index (χ2n) is 6.13. The fourth-order valence-electron chi connectivity index (χ4n) is 3.30. The number of fused-ring (bicyclic) bond motifs is 1. The lowest BCUT2D eigenvalue weighted by Crippen LogP contribution is -2.39. The first-order valence-electron chi connectivity index (χ1n) is 8.31. The van der Waals surface area contributed by atoms with E-state index in [-0.39, 0.29) is 11.8 Å². The Morgan fingerprint density at radius 2 is 2.29 bits per heavy atom. The van der Waals surface area contributed by atoms with E-state index in [1.165, 1.54) is 11.5 Å². The molecule has 1 saturated heterocycles. The first-order valence-corrected chi connectivity index (χ1v) is 9.08. The Hall–Kier alpha value is -2.28. The molecule has 7 heteroatoms. The van der Waals surface area contributed by atoms with Gasteiger partial charge in [-0.05, 0) is 42.9 Å². The van der Waals surface area contributed by atoms with Gasteiger partial charge < -0.3 is 9.88 Å². The summed E-state index contributed by atoms with van der Waals surface area (Å²) < 4.78 is 3.94. The number of carbonyl (C=O) groups is 1. The third kappa shape index (κ3) is 2.69. The van der Waals surface area contributed by atoms with E-state index in [0.717, 1.165) is 48.4 Å². The van der Waals surface area contributed by atoms with Crippen LogP contribution in [0.2, 0.25) is 0 Å². The number of aromatic amines is 1. The predicted molar refractivity (Wildman–Crippen MR) is 93.3 cm³/mol. The van der Waals surface area contributed by atoms with Crippen molar-refractivity contribution in [1.29, 1.82) is 0 Å². The number of benzene rings is 1. The van der Waals surface area contributed by atoms with Crippen LogP contribution in [0, 0.1) is 0 Å². The molecule has 4 rings (SSSR count). The van der Waals surface area contributed by atoms with Gasteiger partial charge in [0.1, 0.15) is 10.7 Å². The Kier molecular flexibility index (Phi) is 4.02. The summed E-state index contributed by atoms with van der Waals surface area (Å²) in [6.45, 7) is 3.48. The van der Waals surface area contributed by atoms with Gasteiger partial charge in [-0.3, -0.25) is 4.79 Å². The molecule has 0 saturated carbocycles. The molecule has 0 aliphatic carbocycles. The number of nitrogens with zero attached hydrogens (tertiary/aromatic N) is 4. The van der Waals surface area contributed by atoms with E-state index in [4.69, 9.17) is 4.98 Å². The number of rotatable bonds is 3. The third-order valence-corrected chi connectivity index (χ3v) is 5.34. The van der Waals surface area contributed by atoms with Crippen molar-refractivity contribution < 1.29 is 4.79 Å². The average molecular weight is 341 g/mol. The number of H-pyrrole nitrogens is 1. The fourth-order valence-corrected chi connectivity index (χ4v) is 4.02. The average Bonchev–Trinajstić information content (AvgIpc) is 3.27. The Morgan fingerprint density at radius 1 is 1.42 bits per heavy atom. The van der Waals surface area contributed by atoms with E-state index in [2.05, 4.69) is 14.6 Å². The molecule has 1 aliphatic heterocycles. The summed E-state index contributed by atoms with van der Waals surface area (Å²) in [5, 5.41) is 4.06. The van der Waals surface area contributed by atoms with E-state index in [0.29, 0.717) is 11.4 Å². The standard InChI is InChI=1S/C17H19N5OS/c1-2-12-15(24-21-20-12)17(23)22-9-5-6-11(10-22)16-18-13-7-3-4-8-14(13)19-16/h3-4,7-8,11H,2,5-6,9-10H2,1H3,(H,18,19). The molecular formula is C17H19N5OS. The monoisotopic (exact) mass is 341 g/mol. The van der Waals surface area contributed by atoms with Gasteiger partial charge in [0.15, 0.2) is 0 Å². The molecule has 1 aliphatic rings. The second kappa shape index (κ2) is 6.32. The minimum absolute atomic E-state index is 0.0580. The maximum atomic E-state index is 12.8. The molecule has 124 valence electrons. The van der Waals surface area contributed by atoms with Crippen molar-refractivity contribution in [2.45, 2.75) is 32.1 Å².